The van der Waals surface area contributed by atoms with Crippen LogP contribution in [-0.2, 0) is 4.74 Å². The van der Waals surface area contributed by atoms with Crippen molar-refractivity contribution in [3.8, 4) is 0 Å². The summed E-state index contributed by atoms with van der Waals surface area (Å²) in [5, 5.41) is 13.6. The van der Waals surface area contributed by atoms with Crippen molar-refractivity contribution in [3.63, 3.8) is 0 Å². The molecular formula is C15H30N2O2. The van der Waals surface area contributed by atoms with Crippen molar-refractivity contribution in [1.29, 1.82) is 0 Å². The van der Waals surface area contributed by atoms with Gasteiger partial charge in [0.05, 0.1) is 12.2 Å². The average Bonchev–Trinajstić information content (AvgIpc) is 2.81. The standard InChI is InChI=1S/C15H30N2O2/c1-3-7-16-11-15(6-10-19-13-15)12-17-8-4-14(2,18)5-9-17/h16,18H,3-13H2,1-2H3. The number of rotatable bonds is 6. The Hall–Kier alpha value is -0.160. The lowest BCUT2D eigenvalue weighted by Gasteiger charge is -2.40. The van der Waals surface area contributed by atoms with Crippen molar-refractivity contribution in [2.75, 3.05) is 45.9 Å². The van der Waals surface area contributed by atoms with Crippen molar-refractivity contribution in [3.05, 3.63) is 0 Å². The first-order valence-corrected chi connectivity index (χ1v) is 7.79. The van der Waals surface area contributed by atoms with E-state index in [1.807, 2.05) is 6.92 Å². The minimum Gasteiger partial charge on any atom is -0.390 e. The van der Waals surface area contributed by atoms with E-state index >= 15 is 0 Å². The Bertz CT molecular complexity index is 265. The third-order valence-corrected chi connectivity index (χ3v) is 4.60. The zero-order valence-corrected chi connectivity index (χ0v) is 12.6. The third-order valence-electron chi connectivity index (χ3n) is 4.60. The van der Waals surface area contributed by atoms with Gasteiger partial charge in [-0.25, -0.2) is 0 Å². The van der Waals surface area contributed by atoms with Crippen LogP contribution in [0, 0.1) is 5.41 Å². The molecular weight excluding hydrogens is 240 g/mol. The second-order valence-electron chi connectivity index (χ2n) is 6.75. The van der Waals surface area contributed by atoms with Gasteiger partial charge in [0, 0.05) is 38.2 Å². The first-order valence-electron chi connectivity index (χ1n) is 7.79. The molecule has 4 nitrogen and oxygen atoms in total. The largest absolute Gasteiger partial charge is 0.390 e. The van der Waals surface area contributed by atoms with Crippen molar-refractivity contribution in [1.82, 2.24) is 10.2 Å². The number of piperidine rings is 1. The van der Waals surface area contributed by atoms with Gasteiger partial charge in [0.2, 0.25) is 0 Å². The van der Waals surface area contributed by atoms with Crippen LogP contribution in [0.1, 0.15) is 39.5 Å². The lowest BCUT2D eigenvalue weighted by Crippen LogP contribution is -2.49. The first kappa shape index (κ1) is 15.2. The molecule has 0 amide bonds. The van der Waals surface area contributed by atoms with E-state index in [1.165, 1.54) is 6.42 Å². The molecule has 1 unspecified atom stereocenters. The van der Waals surface area contributed by atoms with E-state index in [2.05, 4.69) is 17.1 Å². The Morgan fingerprint density at radius 1 is 1.26 bits per heavy atom. The second kappa shape index (κ2) is 6.53. The molecule has 19 heavy (non-hydrogen) atoms. The molecule has 0 bridgehead atoms. The Kier molecular flexibility index (Phi) is 5.23. The molecule has 0 aromatic heterocycles. The molecule has 0 aromatic rings. The number of likely N-dealkylation sites (tertiary alicyclic amines) is 1. The molecule has 0 aliphatic carbocycles. The summed E-state index contributed by atoms with van der Waals surface area (Å²) in [6.45, 7) is 11.3. The fourth-order valence-corrected chi connectivity index (χ4v) is 3.17. The molecule has 2 N–H and O–H groups in total. The van der Waals surface area contributed by atoms with Crippen LogP contribution in [0.3, 0.4) is 0 Å². The van der Waals surface area contributed by atoms with Crippen LogP contribution in [0.4, 0.5) is 0 Å². The molecule has 2 rings (SSSR count). The smallest absolute Gasteiger partial charge is 0.0644 e. The Labute approximate surface area is 117 Å². The van der Waals surface area contributed by atoms with Gasteiger partial charge in [0.15, 0.2) is 0 Å². The lowest BCUT2D eigenvalue weighted by atomic mass is 9.84. The molecule has 2 saturated heterocycles. The van der Waals surface area contributed by atoms with E-state index in [0.29, 0.717) is 5.41 Å². The van der Waals surface area contributed by atoms with E-state index in [0.717, 1.165) is 65.2 Å². The van der Waals surface area contributed by atoms with E-state index < -0.39 is 5.60 Å². The SMILES string of the molecule is CCCNCC1(CN2CCC(C)(O)CC2)CCOC1. The van der Waals surface area contributed by atoms with E-state index in [9.17, 15) is 5.11 Å². The lowest BCUT2D eigenvalue weighted by molar-refractivity contribution is -0.0168. The zero-order valence-electron chi connectivity index (χ0n) is 12.6. The highest BCUT2D eigenvalue weighted by atomic mass is 16.5. The number of aliphatic hydroxyl groups is 1. The van der Waals surface area contributed by atoms with E-state index in [1.54, 1.807) is 0 Å². The van der Waals surface area contributed by atoms with Gasteiger partial charge in [-0.15, -0.1) is 0 Å². The number of hydrogen-bond donors (Lipinski definition) is 2. The maximum Gasteiger partial charge on any atom is 0.0644 e. The molecule has 112 valence electrons. The molecule has 0 aromatic carbocycles. The number of ether oxygens (including phenoxy) is 1. The number of nitrogens with zero attached hydrogens (tertiary/aromatic N) is 1. The van der Waals surface area contributed by atoms with Gasteiger partial charge in [0.25, 0.3) is 0 Å². The summed E-state index contributed by atoms with van der Waals surface area (Å²) in [4.78, 5) is 2.51. The highest BCUT2D eigenvalue weighted by Crippen LogP contribution is 2.31. The van der Waals surface area contributed by atoms with Gasteiger partial charge < -0.3 is 20.1 Å². The summed E-state index contributed by atoms with van der Waals surface area (Å²) in [6, 6.07) is 0. The van der Waals surface area contributed by atoms with Crippen molar-refractivity contribution < 1.29 is 9.84 Å². The summed E-state index contributed by atoms with van der Waals surface area (Å²) < 4.78 is 5.66. The topological polar surface area (TPSA) is 44.7 Å². The molecule has 1 atom stereocenters. The average molecular weight is 270 g/mol. The normalized spacial score (nSPS) is 31.7. The second-order valence-corrected chi connectivity index (χ2v) is 6.75. The van der Waals surface area contributed by atoms with Crippen molar-refractivity contribution in [2.24, 2.45) is 5.41 Å². The molecule has 2 aliphatic rings. The molecule has 4 heteroatoms. The minimum atomic E-state index is -0.448. The van der Waals surface area contributed by atoms with Gasteiger partial charge in [0.1, 0.15) is 0 Å². The van der Waals surface area contributed by atoms with Crippen LogP contribution in [0.5, 0.6) is 0 Å². The van der Waals surface area contributed by atoms with E-state index in [-0.39, 0.29) is 0 Å². The zero-order chi connectivity index (χ0) is 13.8. The fourth-order valence-electron chi connectivity index (χ4n) is 3.17. The van der Waals surface area contributed by atoms with Crippen LogP contribution in [0.2, 0.25) is 0 Å². The summed E-state index contributed by atoms with van der Waals surface area (Å²) in [5.41, 5.74) is -0.158. The quantitative estimate of drug-likeness (QED) is 0.713. The van der Waals surface area contributed by atoms with Gasteiger partial charge >= 0.3 is 0 Å². The maximum absolute atomic E-state index is 10.0. The van der Waals surface area contributed by atoms with E-state index in [4.69, 9.17) is 4.74 Å². The highest BCUT2D eigenvalue weighted by Gasteiger charge is 2.38. The van der Waals surface area contributed by atoms with Crippen LogP contribution in [0.25, 0.3) is 0 Å². The predicted molar refractivity (Wildman–Crippen MR) is 77.3 cm³/mol. The number of hydrogen-bond acceptors (Lipinski definition) is 4. The monoisotopic (exact) mass is 270 g/mol. The molecule has 2 aliphatic heterocycles. The molecule has 0 spiro atoms. The first-order chi connectivity index (χ1) is 9.05. The van der Waals surface area contributed by atoms with Gasteiger partial charge in [-0.2, -0.15) is 0 Å². The summed E-state index contributed by atoms with van der Waals surface area (Å²) in [6.07, 6.45) is 4.14. The van der Waals surface area contributed by atoms with Crippen molar-refractivity contribution in [2.45, 2.75) is 45.1 Å². The summed E-state index contributed by atoms with van der Waals surface area (Å²) >= 11 is 0. The number of nitrogens with one attached hydrogen (secondary N) is 1. The van der Waals surface area contributed by atoms with Gasteiger partial charge in [-0.1, -0.05) is 6.92 Å². The molecule has 2 heterocycles. The highest BCUT2D eigenvalue weighted by molar-refractivity contribution is 4.91. The third kappa shape index (κ3) is 4.42. The van der Waals surface area contributed by atoms with Crippen LogP contribution in [-0.4, -0.2) is 61.5 Å². The minimum absolute atomic E-state index is 0.290. The van der Waals surface area contributed by atoms with Crippen LogP contribution in [0.15, 0.2) is 0 Å². The summed E-state index contributed by atoms with van der Waals surface area (Å²) in [5.74, 6) is 0. The molecule has 0 saturated carbocycles. The van der Waals surface area contributed by atoms with Crippen LogP contribution < -0.4 is 5.32 Å². The van der Waals surface area contributed by atoms with Crippen molar-refractivity contribution >= 4 is 0 Å². The van der Waals surface area contributed by atoms with Gasteiger partial charge in [-0.05, 0) is 39.2 Å². The summed E-state index contributed by atoms with van der Waals surface area (Å²) in [7, 11) is 0. The fraction of sp³-hybridized carbons (Fsp3) is 1.00. The Morgan fingerprint density at radius 2 is 2.00 bits per heavy atom. The maximum atomic E-state index is 10.0. The van der Waals surface area contributed by atoms with Gasteiger partial charge in [-0.3, -0.25) is 0 Å². The molecule has 0 radical (unpaired) electrons. The Morgan fingerprint density at radius 3 is 2.58 bits per heavy atom. The predicted octanol–water partition coefficient (Wildman–Crippen LogP) is 1.24. The molecule has 2 fully saturated rings. The van der Waals surface area contributed by atoms with Crippen LogP contribution >= 0.6 is 0 Å². The Balaban J connectivity index is 1.83.